The summed E-state index contributed by atoms with van der Waals surface area (Å²) in [7, 11) is 0. The van der Waals surface area contributed by atoms with Crippen molar-refractivity contribution in [3.8, 4) is 0 Å². The summed E-state index contributed by atoms with van der Waals surface area (Å²) in [6.07, 6.45) is 3.05. The van der Waals surface area contributed by atoms with Gasteiger partial charge < -0.3 is 5.32 Å². The van der Waals surface area contributed by atoms with E-state index in [9.17, 15) is 4.79 Å². The van der Waals surface area contributed by atoms with Crippen LogP contribution in [0.5, 0.6) is 0 Å². The van der Waals surface area contributed by atoms with Crippen LogP contribution in [0.25, 0.3) is 0 Å². The zero-order valence-corrected chi connectivity index (χ0v) is 6.98. The summed E-state index contributed by atoms with van der Waals surface area (Å²) in [5.41, 5.74) is 0. The van der Waals surface area contributed by atoms with E-state index in [0.29, 0.717) is 5.88 Å². The van der Waals surface area contributed by atoms with Crippen LogP contribution in [0.3, 0.4) is 0 Å². The smallest absolute Gasteiger partial charge is 0.243 e. The predicted octanol–water partition coefficient (Wildman–Crippen LogP) is 1.31. The van der Waals surface area contributed by atoms with Gasteiger partial charge in [-0.25, -0.2) is 0 Å². The molecule has 1 amide bonds. The number of amides is 1. The number of halogens is 1. The maximum absolute atomic E-state index is 10.8. The molecule has 0 atom stereocenters. The SMILES string of the molecule is CC(C)NC(=O)/C=C/CCl. The lowest BCUT2D eigenvalue weighted by Crippen LogP contribution is -2.28. The van der Waals surface area contributed by atoms with Crippen LogP contribution in [0.1, 0.15) is 13.8 Å². The first kappa shape index (κ1) is 9.50. The Hall–Kier alpha value is -0.500. The van der Waals surface area contributed by atoms with E-state index in [1.807, 2.05) is 13.8 Å². The van der Waals surface area contributed by atoms with Gasteiger partial charge in [-0.05, 0) is 13.8 Å². The van der Waals surface area contributed by atoms with Gasteiger partial charge in [-0.3, -0.25) is 4.79 Å². The lowest BCUT2D eigenvalue weighted by molar-refractivity contribution is -0.116. The molecule has 0 heterocycles. The summed E-state index contributed by atoms with van der Waals surface area (Å²) >= 11 is 5.32. The summed E-state index contributed by atoms with van der Waals surface area (Å²) in [6.45, 7) is 3.82. The van der Waals surface area contributed by atoms with Crippen molar-refractivity contribution in [1.29, 1.82) is 0 Å². The van der Waals surface area contributed by atoms with Crippen LogP contribution in [-0.2, 0) is 4.79 Å². The first-order valence-corrected chi connectivity index (χ1v) is 3.73. The Labute approximate surface area is 66.3 Å². The fraction of sp³-hybridized carbons (Fsp3) is 0.571. The molecule has 0 rings (SSSR count). The van der Waals surface area contributed by atoms with Crippen molar-refractivity contribution in [3.05, 3.63) is 12.2 Å². The molecular weight excluding hydrogens is 150 g/mol. The molecule has 0 aromatic rings. The molecule has 3 heteroatoms. The highest BCUT2D eigenvalue weighted by Gasteiger charge is 1.95. The maximum Gasteiger partial charge on any atom is 0.243 e. The topological polar surface area (TPSA) is 29.1 Å². The Morgan fingerprint density at radius 3 is 2.70 bits per heavy atom. The molecular formula is C7H12ClNO. The molecule has 0 saturated heterocycles. The quantitative estimate of drug-likeness (QED) is 0.491. The van der Waals surface area contributed by atoms with E-state index in [-0.39, 0.29) is 11.9 Å². The number of alkyl halides is 1. The molecule has 0 aromatic carbocycles. The van der Waals surface area contributed by atoms with Gasteiger partial charge in [0.25, 0.3) is 0 Å². The van der Waals surface area contributed by atoms with Crippen molar-refractivity contribution in [2.75, 3.05) is 5.88 Å². The second-order valence-electron chi connectivity index (χ2n) is 2.22. The number of rotatable bonds is 3. The van der Waals surface area contributed by atoms with Crippen LogP contribution in [0.15, 0.2) is 12.2 Å². The average Bonchev–Trinajstić information content (AvgIpc) is 1.82. The molecule has 0 aliphatic carbocycles. The van der Waals surface area contributed by atoms with E-state index < -0.39 is 0 Å². The molecule has 0 aliphatic heterocycles. The lowest BCUT2D eigenvalue weighted by Gasteiger charge is -2.03. The first-order valence-electron chi connectivity index (χ1n) is 3.20. The lowest BCUT2D eigenvalue weighted by atomic mass is 10.4. The molecule has 0 fully saturated rings. The van der Waals surface area contributed by atoms with Gasteiger partial charge in [0.2, 0.25) is 5.91 Å². The minimum absolute atomic E-state index is 0.0874. The molecule has 1 N–H and O–H groups in total. The van der Waals surface area contributed by atoms with Crippen LogP contribution in [0, 0.1) is 0 Å². The van der Waals surface area contributed by atoms with Crippen LogP contribution in [0.4, 0.5) is 0 Å². The summed E-state index contributed by atoms with van der Waals surface area (Å²) in [5.74, 6) is 0.293. The second-order valence-corrected chi connectivity index (χ2v) is 2.53. The van der Waals surface area contributed by atoms with Crippen molar-refractivity contribution in [3.63, 3.8) is 0 Å². The van der Waals surface area contributed by atoms with E-state index in [0.717, 1.165) is 0 Å². The molecule has 0 aromatic heterocycles. The monoisotopic (exact) mass is 161 g/mol. The highest BCUT2D eigenvalue weighted by atomic mass is 35.5. The van der Waals surface area contributed by atoms with Gasteiger partial charge in [-0.2, -0.15) is 0 Å². The molecule has 0 bridgehead atoms. The first-order chi connectivity index (χ1) is 4.66. The van der Waals surface area contributed by atoms with Crippen molar-refractivity contribution < 1.29 is 4.79 Å². The van der Waals surface area contributed by atoms with Gasteiger partial charge in [0.05, 0.1) is 0 Å². The fourth-order valence-electron chi connectivity index (χ4n) is 0.484. The van der Waals surface area contributed by atoms with E-state index in [1.165, 1.54) is 6.08 Å². The minimum atomic E-state index is -0.0874. The van der Waals surface area contributed by atoms with Crippen molar-refractivity contribution in [2.24, 2.45) is 0 Å². The third kappa shape index (κ3) is 5.63. The molecule has 0 aliphatic rings. The standard InChI is InChI=1S/C7H12ClNO/c1-6(2)9-7(10)4-3-5-8/h3-4,6H,5H2,1-2H3,(H,9,10)/b4-3+. The molecule has 0 spiro atoms. The maximum atomic E-state index is 10.8. The van der Waals surface area contributed by atoms with Crippen molar-refractivity contribution in [2.45, 2.75) is 19.9 Å². The normalized spacial score (nSPS) is 10.8. The van der Waals surface area contributed by atoms with Gasteiger partial charge in [-0.15, -0.1) is 11.6 Å². The number of carbonyl (C=O) groups excluding carboxylic acids is 1. The highest BCUT2D eigenvalue weighted by Crippen LogP contribution is 1.81. The van der Waals surface area contributed by atoms with Crippen LogP contribution in [-0.4, -0.2) is 17.8 Å². The van der Waals surface area contributed by atoms with E-state index in [4.69, 9.17) is 11.6 Å². The largest absolute Gasteiger partial charge is 0.350 e. The number of hydrogen-bond acceptors (Lipinski definition) is 1. The highest BCUT2D eigenvalue weighted by molar-refractivity contribution is 6.19. The Balaban J connectivity index is 3.54. The number of hydrogen-bond donors (Lipinski definition) is 1. The minimum Gasteiger partial charge on any atom is -0.350 e. The number of allylic oxidation sites excluding steroid dienone is 1. The summed E-state index contributed by atoms with van der Waals surface area (Å²) < 4.78 is 0. The Morgan fingerprint density at radius 1 is 1.70 bits per heavy atom. The predicted molar refractivity (Wildman–Crippen MR) is 43.1 cm³/mol. The van der Waals surface area contributed by atoms with Gasteiger partial charge in [0.15, 0.2) is 0 Å². The average molecular weight is 162 g/mol. The van der Waals surface area contributed by atoms with E-state index in [1.54, 1.807) is 6.08 Å². The van der Waals surface area contributed by atoms with Gasteiger partial charge in [0.1, 0.15) is 0 Å². The zero-order valence-electron chi connectivity index (χ0n) is 6.23. The van der Waals surface area contributed by atoms with Gasteiger partial charge >= 0.3 is 0 Å². The van der Waals surface area contributed by atoms with Crippen LogP contribution >= 0.6 is 11.6 Å². The second kappa shape index (κ2) is 5.30. The summed E-state index contributed by atoms with van der Waals surface area (Å²) in [4.78, 5) is 10.8. The molecule has 58 valence electrons. The third-order valence-electron chi connectivity index (χ3n) is 0.789. The Morgan fingerprint density at radius 2 is 2.30 bits per heavy atom. The summed E-state index contributed by atoms with van der Waals surface area (Å²) in [6, 6.07) is 0.187. The van der Waals surface area contributed by atoms with Crippen molar-refractivity contribution >= 4 is 17.5 Å². The molecule has 0 radical (unpaired) electrons. The Bertz CT molecular complexity index is 132. The van der Waals surface area contributed by atoms with Crippen molar-refractivity contribution in [1.82, 2.24) is 5.32 Å². The van der Waals surface area contributed by atoms with E-state index in [2.05, 4.69) is 5.32 Å². The van der Waals surface area contributed by atoms with E-state index >= 15 is 0 Å². The number of carbonyl (C=O) groups is 1. The molecule has 0 unspecified atom stereocenters. The molecule has 2 nitrogen and oxygen atoms in total. The number of nitrogens with one attached hydrogen (secondary N) is 1. The third-order valence-corrected chi connectivity index (χ3v) is 0.967. The molecule has 10 heavy (non-hydrogen) atoms. The Kier molecular flexibility index (Phi) is 5.03. The van der Waals surface area contributed by atoms with Gasteiger partial charge in [-0.1, -0.05) is 6.08 Å². The van der Waals surface area contributed by atoms with Gasteiger partial charge in [0, 0.05) is 18.0 Å². The zero-order chi connectivity index (χ0) is 7.98. The van der Waals surface area contributed by atoms with Crippen LogP contribution < -0.4 is 5.32 Å². The fourth-order valence-corrected chi connectivity index (χ4v) is 0.573. The van der Waals surface area contributed by atoms with Crippen LogP contribution in [0.2, 0.25) is 0 Å². The summed E-state index contributed by atoms with van der Waals surface area (Å²) in [5, 5.41) is 2.69. The molecule has 0 saturated carbocycles.